The second-order valence-corrected chi connectivity index (χ2v) is 11.9. The highest BCUT2D eigenvalue weighted by Crippen LogP contribution is 2.36. The van der Waals surface area contributed by atoms with Gasteiger partial charge in [0.2, 0.25) is 0 Å². The number of amides is 1. The Hall–Kier alpha value is -4.34. The minimum Gasteiger partial charge on any atom is -0.462 e. The quantitative estimate of drug-likeness (QED) is 0.372. The van der Waals surface area contributed by atoms with Crippen LogP contribution in [0.1, 0.15) is 42.5 Å². The van der Waals surface area contributed by atoms with Gasteiger partial charge in [-0.15, -0.1) is 6.42 Å². The molecule has 0 radical (unpaired) electrons. The van der Waals surface area contributed by atoms with Gasteiger partial charge in [0, 0.05) is 55.4 Å². The summed E-state index contributed by atoms with van der Waals surface area (Å²) in [5.41, 5.74) is 4.54. The molecule has 2 fully saturated rings. The average Bonchev–Trinajstić information content (AvgIpc) is 2.99. The molecule has 43 heavy (non-hydrogen) atoms. The average molecular weight is 578 g/mol. The molecule has 3 heterocycles. The van der Waals surface area contributed by atoms with E-state index in [1.165, 1.54) is 41.3 Å². The van der Waals surface area contributed by atoms with Crippen LogP contribution in [0, 0.1) is 30.6 Å². The summed E-state index contributed by atoms with van der Waals surface area (Å²) in [4.78, 5) is 31.0. The zero-order valence-electron chi connectivity index (χ0n) is 25.1. The third kappa shape index (κ3) is 5.83. The smallest absolute Gasteiger partial charge is 0.318 e. The summed E-state index contributed by atoms with van der Waals surface area (Å²) >= 11 is 0. The van der Waals surface area contributed by atoms with Crippen molar-refractivity contribution in [2.75, 3.05) is 56.2 Å². The molecule has 0 bridgehead atoms. The van der Waals surface area contributed by atoms with E-state index in [1.807, 2.05) is 0 Å². The highest BCUT2D eigenvalue weighted by molar-refractivity contribution is 5.97. The molecule has 9 heteroatoms. The lowest BCUT2D eigenvalue weighted by Crippen LogP contribution is -2.55. The highest BCUT2D eigenvalue weighted by atomic mass is 16.5. The van der Waals surface area contributed by atoms with Crippen LogP contribution in [-0.2, 0) is 17.8 Å². The summed E-state index contributed by atoms with van der Waals surface area (Å²) in [5.74, 6) is 2.70. The van der Waals surface area contributed by atoms with E-state index in [1.54, 1.807) is 4.90 Å². The van der Waals surface area contributed by atoms with E-state index in [4.69, 9.17) is 21.1 Å². The molecule has 0 spiro atoms. The first-order valence-corrected chi connectivity index (χ1v) is 15.3. The molecule has 222 valence electrons. The third-order valence-electron chi connectivity index (χ3n) is 9.32. The fraction of sp³-hybridized carbons (Fsp3) is 0.471. The maximum atomic E-state index is 12.4. The first-order valence-electron chi connectivity index (χ1n) is 15.3. The van der Waals surface area contributed by atoms with Gasteiger partial charge in [-0.3, -0.25) is 4.79 Å². The van der Waals surface area contributed by atoms with Gasteiger partial charge in [0.1, 0.15) is 12.4 Å². The number of ether oxygens (including phenoxy) is 1. The number of carbonyl (C=O) groups is 1. The predicted molar refractivity (Wildman–Crippen MR) is 168 cm³/mol. The number of terminal acetylenes is 1. The molecule has 6 rings (SSSR count). The van der Waals surface area contributed by atoms with Gasteiger partial charge in [-0.1, -0.05) is 36.8 Å². The lowest BCUT2D eigenvalue weighted by Gasteiger charge is -2.41. The molecule has 1 saturated heterocycles. The number of hydrogen-bond acceptors (Lipinski definition) is 8. The number of piperazine rings is 1. The molecular formula is C34H39N7O2. The Kier molecular flexibility index (Phi) is 8.35. The molecule has 1 aliphatic carbocycles. The van der Waals surface area contributed by atoms with Crippen LogP contribution in [0.3, 0.4) is 0 Å². The van der Waals surface area contributed by atoms with Crippen molar-refractivity contribution in [3.63, 3.8) is 0 Å². The number of nitrogens with zero attached hydrogens (tertiary/aromatic N) is 7. The zero-order chi connectivity index (χ0) is 29.9. The maximum absolute atomic E-state index is 12.4. The molecule has 9 nitrogen and oxygen atoms in total. The van der Waals surface area contributed by atoms with Gasteiger partial charge >= 0.3 is 6.01 Å². The lowest BCUT2D eigenvalue weighted by atomic mass is 9.92. The van der Waals surface area contributed by atoms with Crippen LogP contribution < -0.4 is 14.5 Å². The number of fused-ring (bicyclic) bond motifs is 2. The molecule has 0 N–H and O–H groups in total. The van der Waals surface area contributed by atoms with Gasteiger partial charge in [-0.2, -0.15) is 15.2 Å². The van der Waals surface area contributed by atoms with Crippen molar-refractivity contribution in [1.29, 1.82) is 5.26 Å². The summed E-state index contributed by atoms with van der Waals surface area (Å²) in [6.45, 7) is 6.48. The Balaban J connectivity index is 1.31. The number of hydrogen-bond donors (Lipinski definition) is 0. The van der Waals surface area contributed by atoms with Crippen molar-refractivity contribution in [1.82, 2.24) is 19.8 Å². The van der Waals surface area contributed by atoms with Gasteiger partial charge in [-0.25, -0.2) is 0 Å². The Morgan fingerprint density at radius 1 is 1.14 bits per heavy atom. The fourth-order valence-electron chi connectivity index (χ4n) is 6.66. The first-order chi connectivity index (χ1) is 21.0. The number of carbonyl (C=O) groups excluding carboxylic acids is 1. The molecule has 1 aromatic heterocycles. The lowest BCUT2D eigenvalue weighted by molar-refractivity contribution is -0.127. The minimum atomic E-state index is -0.370. The number of aryl methyl sites for hydroxylation is 1. The second-order valence-electron chi connectivity index (χ2n) is 11.9. The normalized spacial score (nSPS) is 18.6. The minimum absolute atomic E-state index is 0.211. The second kappa shape index (κ2) is 12.5. The Morgan fingerprint density at radius 3 is 2.70 bits per heavy atom. The van der Waals surface area contributed by atoms with Crippen molar-refractivity contribution in [3.8, 4) is 24.4 Å². The number of nitriles is 1. The van der Waals surface area contributed by atoms with Gasteiger partial charge < -0.3 is 24.3 Å². The van der Waals surface area contributed by atoms with E-state index in [-0.39, 0.29) is 18.4 Å². The van der Waals surface area contributed by atoms with Gasteiger partial charge in [0.15, 0.2) is 0 Å². The number of benzene rings is 2. The molecule has 2 aromatic carbocycles. The largest absolute Gasteiger partial charge is 0.462 e. The monoisotopic (exact) mass is 577 g/mol. The van der Waals surface area contributed by atoms with Gasteiger partial charge in [0.25, 0.3) is 5.91 Å². The van der Waals surface area contributed by atoms with Gasteiger partial charge in [-0.05, 0) is 56.2 Å². The maximum Gasteiger partial charge on any atom is 0.318 e. The molecule has 1 amide bonds. The van der Waals surface area contributed by atoms with Crippen LogP contribution >= 0.6 is 0 Å². The predicted octanol–water partition coefficient (Wildman–Crippen LogP) is 3.93. The molecule has 3 aliphatic rings. The summed E-state index contributed by atoms with van der Waals surface area (Å²) in [5, 5.41) is 12.0. The van der Waals surface area contributed by atoms with Crippen LogP contribution in [0.15, 0.2) is 36.4 Å². The van der Waals surface area contributed by atoms with Crippen molar-refractivity contribution < 1.29 is 9.53 Å². The Morgan fingerprint density at radius 2 is 1.95 bits per heavy atom. The van der Waals surface area contributed by atoms with E-state index < -0.39 is 0 Å². The summed E-state index contributed by atoms with van der Waals surface area (Å²) in [6, 6.07) is 15.9. The van der Waals surface area contributed by atoms with E-state index >= 15 is 0 Å². The molecule has 0 unspecified atom stereocenters. The molecule has 3 aromatic rings. The third-order valence-corrected chi connectivity index (χ3v) is 9.32. The van der Waals surface area contributed by atoms with Gasteiger partial charge in [0.05, 0.1) is 30.8 Å². The number of aromatic nitrogens is 2. The standard InChI is InChI=1S/C34H39N7O2/c1-4-31(42)41-19-18-40(22-27(41)14-16-35)33-28-15-17-39(30-13-6-10-25-9-5-8-24(2)32(25)30)23-29(28)36-34(37-33)43-21-20-38(3)26-11-7-12-26/h1,5-6,8-10,13,26-27H,7,11-12,14-15,17-23H2,2-3H3/t27-/m0/s1. The summed E-state index contributed by atoms with van der Waals surface area (Å²) in [6.07, 6.45) is 10.2. The van der Waals surface area contributed by atoms with E-state index in [0.717, 1.165) is 36.6 Å². The Labute approximate surface area is 254 Å². The summed E-state index contributed by atoms with van der Waals surface area (Å²) < 4.78 is 6.22. The first kappa shape index (κ1) is 28.8. The van der Waals surface area contributed by atoms with Crippen molar-refractivity contribution in [3.05, 3.63) is 53.2 Å². The number of likely N-dealkylation sites (N-methyl/N-ethyl adjacent to an activating group) is 1. The van der Waals surface area contributed by atoms with E-state index in [0.29, 0.717) is 44.8 Å². The van der Waals surface area contributed by atoms with Crippen LogP contribution in [0.5, 0.6) is 6.01 Å². The van der Waals surface area contributed by atoms with Crippen molar-refractivity contribution >= 4 is 28.2 Å². The SMILES string of the molecule is C#CC(=O)N1CCN(c2nc(OCCN(C)C3CCC3)nc3c2CCN(c2cccc4cccc(C)c24)C3)C[C@@H]1CC#N. The molecular weight excluding hydrogens is 538 g/mol. The van der Waals surface area contributed by atoms with Crippen molar-refractivity contribution in [2.24, 2.45) is 0 Å². The fourth-order valence-corrected chi connectivity index (χ4v) is 6.66. The molecule has 1 atom stereocenters. The van der Waals surface area contributed by atoms with Crippen LogP contribution in [-0.4, -0.2) is 84.1 Å². The van der Waals surface area contributed by atoms with Crippen LogP contribution in [0.25, 0.3) is 10.8 Å². The molecule has 1 saturated carbocycles. The van der Waals surface area contributed by atoms with Crippen LogP contribution in [0.4, 0.5) is 11.5 Å². The Bertz CT molecular complexity index is 1580. The summed E-state index contributed by atoms with van der Waals surface area (Å²) in [7, 11) is 2.16. The topological polar surface area (TPSA) is 88.8 Å². The van der Waals surface area contributed by atoms with E-state index in [2.05, 4.69) is 77.1 Å². The zero-order valence-corrected chi connectivity index (χ0v) is 25.1. The van der Waals surface area contributed by atoms with Crippen LogP contribution in [0.2, 0.25) is 0 Å². The highest BCUT2D eigenvalue weighted by Gasteiger charge is 2.34. The van der Waals surface area contributed by atoms with E-state index in [9.17, 15) is 10.1 Å². The molecule has 2 aliphatic heterocycles. The number of anilines is 2. The number of rotatable bonds is 8. The van der Waals surface area contributed by atoms with Crippen molar-refractivity contribution in [2.45, 2.75) is 57.7 Å².